The zero-order chi connectivity index (χ0) is 14.4. The van der Waals surface area contributed by atoms with Gasteiger partial charge in [0.05, 0.1) is 12.7 Å². The van der Waals surface area contributed by atoms with Gasteiger partial charge in [-0.2, -0.15) is 0 Å². The lowest BCUT2D eigenvalue weighted by molar-refractivity contribution is 0.0262. The largest absolute Gasteiger partial charge is 0.372 e. The molecule has 0 spiro atoms. The monoisotopic (exact) mass is 294 g/mol. The van der Waals surface area contributed by atoms with E-state index in [4.69, 9.17) is 16.3 Å². The normalized spacial score (nSPS) is 18.6. The van der Waals surface area contributed by atoms with Crippen LogP contribution in [0.2, 0.25) is 5.02 Å². The van der Waals surface area contributed by atoms with Crippen LogP contribution in [0, 0.1) is 0 Å². The lowest BCUT2D eigenvalue weighted by Gasteiger charge is -2.32. The van der Waals surface area contributed by atoms with Gasteiger partial charge in [-0.25, -0.2) is 4.79 Å². The summed E-state index contributed by atoms with van der Waals surface area (Å²) in [5.74, 6) is 0. The average molecular weight is 295 g/mol. The molecule has 4 nitrogen and oxygen atoms in total. The van der Waals surface area contributed by atoms with Crippen LogP contribution < -0.4 is 5.32 Å². The molecule has 5 heteroatoms. The number of likely N-dealkylation sites (tertiary alicyclic amines) is 1. The number of rotatable bonds is 4. The van der Waals surface area contributed by atoms with Crippen molar-refractivity contribution in [3.63, 3.8) is 0 Å². The van der Waals surface area contributed by atoms with Gasteiger partial charge in [0, 0.05) is 23.8 Å². The molecular formula is C15H19ClN2O2. The van der Waals surface area contributed by atoms with Crippen LogP contribution >= 0.6 is 11.6 Å². The quantitative estimate of drug-likeness (QED) is 0.863. The second kappa shape index (κ2) is 7.31. The van der Waals surface area contributed by atoms with Gasteiger partial charge in [0.1, 0.15) is 0 Å². The van der Waals surface area contributed by atoms with Crippen LogP contribution in [0.25, 0.3) is 0 Å². The fraction of sp³-hybridized carbons (Fsp3) is 0.400. The Kier molecular flexibility index (Phi) is 5.44. The third-order valence-corrected chi connectivity index (χ3v) is 3.43. The van der Waals surface area contributed by atoms with Crippen molar-refractivity contribution in [2.75, 3.05) is 25.0 Å². The fourth-order valence-electron chi connectivity index (χ4n) is 2.23. The molecule has 1 aromatic carbocycles. The molecule has 1 aliphatic rings. The van der Waals surface area contributed by atoms with Crippen molar-refractivity contribution >= 4 is 23.3 Å². The van der Waals surface area contributed by atoms with E-state index >= 15 is 0 Å². The summed E-state index contributed by atoms with van der Waals surface area (Å²) in [5.41, 5.74) is 0.705. The highest BCUT2D eigenvalue weighted by molar-refractivity contribution is 6.30. The molecule has 1 unspecified atom stereocenters. The number of halogens is 1. The van der Waals surface area contributed by atoms with Gasteiger partial charge >= 0.3 is 6.03 Å². The average Bonchev–Trinajstić information content (AvgIpc) is 2.45. The lowest BCUT2D eigenvalue weighted by atomic mass is 10.1. The second-order valence-corrected chi connectivity index (χ2v) is 5.21. The first kappa shape index (κ1) is 14.9. The molecular weight excluding hydrogens is 276 g/mol. The molecule has 0 radical (unpaired) electrons. The van der Waals surface area contributed by atoms with Crippen molar-refractivity contribution in [1.29, 1.82) is 0 Å². The Morgan fingerprint density at radius 3 is 3.20 bits per heavy atom. The molecule has 0 aromatic heterocycles. The molecule has 2 rings (SSSR count). The zero-order valence-corrected chi connectivity index (χ0v) is 12.1. The van der Waals surface area contributed by atoms with E-state index in [2.05, 4.69) is 11.9 Å². The van der Waals surface area contributed by atoms with Gasteiger partial charge < -0.3 is 15.0 Å². The fourth-order valence-corrected chi connectivity index (χ4v) is 2.42. The number of nitrogens with zero attached hydrogens (tertiary/aromatic N) is 1. The number of benzene rings is 1. The molecule has 1 fully saturated rings. The Morgan fingerprint density at radius 2 is 2.45 bits per heavy atom. The first-order valence-electron chi connectivity index (χ1n) is 6.73. The number of urea groups is 1. The van der Waals surface area contributed by atoms with Gasteiger partial charge in [0.15, 0.2) is 0 Å². The van der Waals surface area contributed by atoms with E-state index in [1.54, 1.807) is 23.1 Å². The summed E-state index contributed by atoms with van der Waals surface area (Å²) in [6, 6.07) is 7.02. The minimum absolute atomic E-state index is 0.0897. The molecule has 108 valence electrons. The van der Waals surface area contributed by atoms with Crippen LogP contribution in [0.1, 0.15) is 12.8 Å². The number of anilines is 1. The third-order valence-electron chi connectivity index (χ3n) is 3.19. The Bertz CT molecular complexity index is 479. The van der Waals surface area contributed by atoms with Gasteiger partial charge in [0.25, 0.3) is 0 Å². The number of amides is 2. The molecule has 1 heterocycles. The number of nitrogens with one attached hydrogen (secondary N) is 1. The number of carbonyl (C=O) groups is 1. The summed E-state index contributed by atoms with van der Waals surface area (Å²) < 4.78 is 5.62. The van der Waals surface area contributed by atoms with Gasteiger partial charge in [0.2, 0.25) is 0 Å². The van der Waals surface area contributed by atoms with Crippen LogP contribution in [0.3, 0.4) is 0 Å². The van der Waals surface area contributed by atoms with Gasteiger partial charge in [-0.3, -0.25) is 0 Å². The molecule has 0 saturated carbocycles. The first-order valence-corrected chi connectivity index (χ1v) is 7.11. The molecule has 0 aliphatic carbocycles. The molecule has 1 atom stereocenters. The third kappa shape index (κ3) is 4.25. The van der Waals surface area contributed by atoms with Crippen molar-refractivity contribution in [3.8, 4) is 0 Å². The van der Waals surface area contributed by atoms with Crippen LogP contribution in [0.15, 0.2) is 36.9 Å². The van der Waals surface area contributed by atoms with E-state index in [0.29, 0.717) is 23.9 Å². The Labute approximate surface area is 124 Å². The second-order valence-electron chi connectivity index (χ2n) is 4.77. The van der Waals surface area contributed by atoms with E-state index < -0.39 is 0 Å². The molecule has 0 bridgehead atoms. The standard InChI is InChI=1S/C15H19ClN2O2/c1-2-9-20-14-7-4-8-18(11-14)15(19)17-13-6-3-5-12(16)10-13/h2-3,5-6,10,14H,1,4,7-9,11H2,(H,17,19). The number of hydrogen-bond donors (Lipinski definition) is 1. The number of hydrogen-bond acceptors (Lipinski definition) is 2. The van der Waals surface area contributed by atoms with Crippen molar-refractivity contribution in [2.24, 2.45) is 0 Å². The Balaban J connectivity index is 1.90. The first-order chi connectivity index (χ1) is 9.69. The van der Waals surface area contributed by atoms with E-state index in [9.17, 15) is 4.79 Å². The van der Waals surface area contributed by atoms with Gasteiger partial charge in [-0.1, -0.05) is 23.7 Å². The number of carbonyl (C=O) groups excluding carboxylic acids is 1. The van der Waals surface area contributed by atoms with Crippen LogP contribution in [-0.4, -0.2) is 36.7 Å². The maximum absolute atomic E-state index is 12.2. The van der Waals surface area contributed by atoms with Crippen molar-refractivity contribution in [2.45, 2.75) is 18.9 Å². The zero-order valence-electron chi connectivity index (χ0n) is 11.3. The number of ether oxygens (including phenoxy) is 1. The lowest BCUT2D eigenvalue weighted by Crippen LogP contribution is -2.45. The van der Waals surface area contributed by atoms with Crippen LogP contribution in [-0.2, 0) is 4.74 Å². The minimum Gasteiger partial charge on any atom is -0.372 e. The Morgan fingerprint density at radius 1 is 1.60 bits per heavy atom. The summed E-state index contributed by atoms with van der Waals surface area (Å²) in [6.45, 7) is 5.52. The highest BCUT2D eigenvalue weighted by atomic mass is 35.5. The SMILES string of the molecule is C=CCOC1CCCN(C(=O)Nc2cccc(Cl)c2)C1. The maximum Gasteiger partial charge on any atom is 0.321 e. The van der Waals surface area contributed by atoms with Crippen molar-refractivity contribution in [3.05, 3.63) is 41.9 Å². The van der Waals surface area contributed by atoms with Gasteiger partial charge in [-0.15, -0.1) is 6.58 Å². The summed E-state index contributed by atoms with van der Waals surface area (Å²) >= 11 is 5.90. The predicted molar refractivity (Wildman–Crippen MR) is 81.2 cm³/mol. The molecule has 20 heavy (non-hydrogen) atoms. The van der Waals surface area contributed by atoms with Gasteiger partial charge in [-0.05, 0) is 31.0 Å². The van der Waals surface area contributed by atoms with E-state index in [0.717, 1.165) is 19.4 Å². The predicted octanol–water partition coefficient (Wildman–Crippen LogP) is 3.54. The summed E-state index contributed by atoms with van der Waals surface area (Å²) in [5, 5.41) is 3.46. The highest BCUT2D eigenvalue weighted by Crippen LogP contribution is 2.18. The maximum atomic E-state index is 12.2. The molecule has 1 N–H and O–H groups in total. The summed E-state index contributed by atoms with van der Waals surface area (Å²) in [7, 11) is 0. The topological polar surface area (TPSA) is 41.6 Å². The van der Waals surface area contributed by atoms with Crippen molar-refractivity contribution in [1.82, 2.24) is 4.90 Å². The molecule has 1 aliphatic heterocycles. The minimum atomic E-state index is -0.112. The molecule has 2 amide bonds. The number of piperidine rings is 1. The van der Waals surface area contributed by atoms with Crippen LogP contribution in [0.4, 0.5) is 10.5 Å². The summed E-state index contributed by atoms with van der Waals surface area (Å²) in [4.78, 5) is 14.0. The smallest absolute Gasteiger partial charge is 0.321 e. The van der Waals surface area contributed by atoms with Crippen molar-refractivity contribution < 1.29 is 9.53 Å². The van der Waals surface area contributed by atoms with E-state index in [1.165, 1.54) is 0 Å². The van der Waals surface area contributed by atoms with Crippen LogP contribution in [0.5, 0.6) is 0 Å². The van der Waals surface area contributed by atoms with E-state index in [1.807, 2.05) is 12.1 Å². The Hall–Kier alpha value is -1.52. The highest BCUT2D eigenvalue weighted by Gasteiger charge is 2.23. The molecule has 1 aromatic rings. The summed E-state index contributed by atoms with van der Waals surface area (Å²) in [6.07, 6.45) is 3.75. The molecule has 1 saturated heterocycles. The van der Waals surface area contributed by atoms with E-state index in [-0.39, 0.29) is 12.1 Å².